The van der Waals surface area contributed by atoms with E-state index in [1.54, 1.807) is 0 Å². The van der Waals surface area contributed by atoms with E-state index in [4.69, 9.17) is 5.73 Å². The number of nitrogens with two attached hydrogens (primary N) is 1. The van der Waals surface area contributed by atoms with Gasteiger partial charge < -0.3 is 15.5 Å². The van der Waals surface area contributed by atoms with E-state index >= 15 is 0 Å². The SMILES string of the molecule is N[C@H]1CCN(CC2CC2)C[C@@H]1C(=O)N1CC[C@H]1c1ccccc1. The van der Waals surface area contributed by atoms with Crippen molar-refractivity contribution in [1.29, 1.82) is 0 Å². The summed E-state index contributed by atoms with van der Waals surface area (Å²) in [6.07, 6.45) is 4.75. The van der Waals surface area contributed by atoms with Gasteiger partial charge in [-0.1, -0.05) is 30.3 Å². The van der Waals surface area contributed by atoms with Crippen LogP contribution in [0.15, 0.2) is 30.3 Å². The summed E-state index contributed by atoms with van der Waals surface area (Å²) in [6.45, 7) is 3.96. The van der Waals surface area contributed by atoms with Crippen molar-refractivity contribution < 1.29 is 4.79 Å². The third-order valence-electron chi connectivity index (χ3n) is 5.77. The molecule has 0 bridgehead atoms. The highest BCUT2D eigenvalue weighted by molar-refractivity contribution is 5.81. The Hall–Kier alpha value is -1.39. The summed E-state index contributed by atoms with van der Waals surface area (Å²) in [6, 6.07) is 10.7. The smallest absolute Gasteiger partial charge is 0.229 e. The number of hydrogen-bond donors (Lipinski definition) is 1. The normalized spacial score (nSPS) is 31.7. The highest BCUT2D eigenvalue weighted by Gasteiger charge is 2.41. The highest BCUT2D eigenvalue weighted by Crippen LogP contribution is 2.36. The second-order valence-electron chi connectivity index (χ2n) is 7.51. The molecule has 4 nitrogen and oxygen atoms in total. The Morgan fingerprint density at radius 2 is 1.87 bits per heavy atom. The topological polar surface area (TPSA) is 49.6 Å². The van der Waals surface area contributed by atoms with Crippen molar-refractivity contribution in [3.63, 3.8) is 0 Å². The van der Waals surface area contributed by atoms with Gasteiger partial charge in [0.2, 0.25) is 5.91 Å². The number of amides is 1. The van der Waals surface area contributed by atoms with Crippen molar-refractivity contribution in [2.45, 2.75) is 37.8 Å². The van der Waals surface area contributed by atoms with Gasteiger partial charge in [0.05, 0.1) is 12.0 Å². The van der Waals surface area contributed by atoms with Gasteiger partial charge in [-0.15, -0.1) is 0 Å². The van der Waals surface area contributed by atoms with Crippen molar-refractivity contribution in [1.82, 2.24) is 9.80 Å². The fourth-order valence-electron chi connectivity index (χ4n) is 4.02. The van der Waals surface area contributed by atoms with Gasteiger partial charge in [0, 0.05) is 25.7 Å². The summed E-state index contributed by atoms with van der Waals surface area (Å²) < 4.78 is 0. The molecule has 0 radical (unpaired) electrons. The number of piperidine rings is 1. The Morgan fingerprint density at radius 3 is 2.52 bits per heavy atom. The van der Waals surface area contributed by atoms with Crippen LogP contribution in [0.5, 0.6) is 0 Å². The minimum absolute atomic E-state index is 0.0194. The second-order valence-corrected chi connectivity index (χ2v) is 7.51. The van der Waals surface area contributed by atoms with E-state index in [1.807, 2.05) is 6.07 Å². The van der Waals surface area contributed by atoms with Gasteiger partial charge in [-0.25, -0.2) is 0 Å². The van der Waals surface area contributed by atoms with Crippen LogP contribution in [0.3, 0.4) is 0 Å². The lowest BCUT2D eigenvalue weighted by Crippen LogP contribution is -2.57. The Kier molecular flexibility index (Phi) is 4.12. The summed E-state index contributed by atoms with van der Waals surface area (Å²) in [5.41, 5.74) is 7.57. The first kappa shape index (κ1) is 15.2. The molecule has 4 rings (SSSR count). The fourth-order valence-corrected chi connectivity index (χ4v) is 4.02. The van der Waals surface area contributed by atoms with E-state index in [9.17, 15) is 4.79 Å². The molecule has 124 valence electrons. The van der Waals surface area contributed by atoms with Gasteiger partial charge in [-0.05, 0) is 43.7 Å². The van der Waals surface area contributed by atoms with Crippen molar-refractivity contribution in [3.05, 3.63) is 35.9 Å². The standard InChI is InChI=1S/C19H27N3O/c20-17-8-10-21(12-14-6-7-14)13-16(17)19(23)22-11-9-18(22)15-4-2-1-3-5-15/h1-5,14,16-18H,6-13,20H2/t16-,17-,18-/m0/s1. The summed E-state index contributed by atoms with van der Waals surface area (Å²) in [4.78, 5) is 17.6. The van der Waals surface area contributed by atoms with Gasteiger partial charge in [0.15, 0.2) is 0 Å². The van der Waals surface area contributed by atoms with Crippen LogP contribution in [0.25, 0.3) is 0 Å². The number of rotatable bonds is 4. The first-order chi connectivity index (χ1) is 11.2. The predicted octanol–water partition coefficient (Wildman–Crippen LogP) is 2.02. The van der Waals surface area contributed by atoms with Crippen LogP contribution in [0.1, 0.15) is 37.3 Å². The summed E-state index contributed by atoms with van der Waals surface area (Å²) in [5.74, 6) is 1.13. The van der Waals surface area contributed by atoms with E-state index in [0.717, 1.165) is 38.4 Å². The number of hydrogen-bond acceptors (Lipinski definition) is 3. The number of nitrogens with zero attached hydrogens (tertiary/aromatic N) is 2. The summed E-state index contributed by atoms with van der Waals surface area (Å²) in [7, 11) is 0. The number of carbonyl (C=O) groups excluding carboxylic acids is 1. The third-order valence-corrected chi connectivity index (χ3v) is 5.77. The maximum atomic E-state index is 13.0. The number of carbonyl (C=O) groups is 1. The monoisotopic (exact) mass is 313 g/mol. The first-order valence-electron chi connectivity index (χ1n) is 9.06. The lowest BCUT2D eigenvalue weighted by molar-refractivity contribution is -0.146. The molecule has 0 spiro atoms. The van der Waals surface area contributed by atoms with Crippen LogP contribution >= 0.6 is 0 Å². The minimum atomic E-state index is -0.0194. The molecule has 4 heteroatoms. The van der Waals surface area contributed by atoms with Gasteiger partial charge in [0.1, 0.15) is 0 Å². The molecule has 1 aliphatic carbocycles. The molecule has 23 heavy (non-hydrogen) atoms. The van der Waals surface area contributed by atoms with Crippen molar-refractivity contribution in [2.75, 3.05) is 26.2 Å². The molecule has 3 fully saturated rings. The van der Waals surface area contributed by atoms with Crippen LogP contribution in [0.2, 0.25) is 0 Å². The molecule has 2 heterocycles. The number of benzene rings is 1. The minimum Gasteiger partial charge on any atom is -0.335 e. The molecule has 1 amide bonds. The van der Waals surface area contributed by atoms with E-state index in [1.165, 1.54) is 24.9 Å². The zero-order valence-corrected chi connectivity index (χ0v) is 13.7. The molecule has 1 aromatic carbocycles. The van der Waals surface area contributed by atoms with E-state index in [2.05, 4.69) is 34.1 Å². The van der Waals surface area contributed by atoms with Crippen molar-refractivity contribution in [2.24, 2.45) is 17.6 Å². The van der Waals surface area contributed by atoms with Crippen LogP contribution in [0, 0.1) is 11.8 Å². The van der Waals surface area contributed by atoms with Crippen molar-refractivity contribution >= 4 is 5.91 Å². The molecule has 2 aliphatic heterocycles. The van der Waals surface area contributed by atoms with Crippen LogP contribution in [0.4, 0.5) is 0 Å². The van der Waals surface area contributed by atoms with Gasteiger partial charge in [0.25, 0.3) is 0 Å². The molecule has 1 aromatic rings. The van der Waals surface area contributed by atoms with Gasteiger partial charge in [-0.2, -0.15) is 0 Å². The molecular formula is C19H27N3O. The van der Waals surface area contributed by atoms with Crippen LogP contribution in [-0.4, -0.2) is 47.9 Å². The molecule has 3 atom stereocenters. The molecular weight excluding hydrogens is 286 g/mol. The quantitative estimate of drug-likeness (QED) is 0.925. The lowest BCUT2D eigenvalue weighted by atomic mass is 9.87. The molecule has 0 unspecified atom stereocenters. The lowest BCUT2D eigenvalue weighted by Gasteiger charge is -2.46. The maximum Gasteiger partial charge on any atom is 0.229 e. The molecule has 1 saturated carbocycles. The Bertz CT molecular complexity index is 557. The van der Waals surface area contributed by atoms with Gasteiger partial charge in [-0.3, -0.25) is 4.79 Å². The summed E-state index contributed by atoms with van der Waals surface area (Å²) >= 11 is 0. The van der Waals surface area contributed by atoms with Gasteiger partial charge >= 0.3 is 0 Å². The van der Waals surface area contributed by atoms with Crippen molar-refractivity contribution in [3.8, 4) is 0 Å². The maximum absolute atomic E-state index is 13.0. The second kappa shape index (κ2) is 6.25. The van der Waals surface area contributed by atoms with E-state index in [0.29, 0.717) is 0 Å². The largest absolute Gasteiger partial charge is 0.335 e. The average Bonchev–Trinajstić information content (AvgIpc) is 3.33. The van der Waals surface area contributed by atoms with E-state index in [-0.39, 0.29) is 23.9 Å². The Morgan fingerprint density at radius 1 is 1.09 bits per heavy atom. The average molecular weight is 313 g/mol. The predicted molar refractivity (Wildman–Crippen MR) is 90.8 cm³/mol. The Labute approximate surface area is 138 Å². The highest BCUT2D eigenvalue weighted by atomic mass is 16.2. The zero-order chi connectivity index (χ0) is 15.8. The molecule has 2 N–H and O–H groups in total. The number of likely N-dealkylation sites (tertiary alicyclic amines) is 2. The molecule has 3 aliphatic rings. The zero-order valence-electron chi connectivity index (χ0n) is 13.7. The fraction of sp³-hybridized carbons (Fsp3) is 0.632. The van der Waals surface area contributed by atoms with Crippen LogP contribution < -0.4 is 5.73 Å². The summed E-state index contributed by atoms with van der Waals surface area (Å²) in [5, 5.41) is 0. The molecule has 0 aromatic heterocycles. The molecule has 2 saturated heterocycles. The first-order valence-corrected chi connectivity index (χ1v) is 9.06. The third kappa shape index (κ3) is 3.15. The Balaban J connectivity index is 1.42. The van der Waals surface area contributed by atoms with E-state index < -0.39 is 0 Å². The van der Waals surface area contributed by atoms with Crippen LogP contribution in [-0.2, 0) is 4.79 Å².